The molecular weight excluding hydrogens is 966 g/mol. The third kappa shape index (κ3) is 6.27. The molecule has 4 nitrogen and oxygen atoms in total. The molecule has 0 N–H and O–H groups in total. The molecule has 0 amide bonds. The largest absolute Gasteiger partial charge is 0.310 e. The van der Waals surface area contributed by atoms with Crippen LogP contribution >= 0.6 is 7.14 Å². The average Bonchev–Trinajstić information content (AvgIpc) is 3.40. The predicted octanol–water partition coefficient (Wildman–Crippen LogP) is 17.3. The molecule has 0 radical (unpaired) electrons. The van der Waals surface area contributed by atoms with Gasteiger partial charge in [0.15, 0.2) is 7.14 Å². The van der Waals surface area contributed by atoms with Crippen LogP contribution in [0, 0.1) is 0 Å². The minimum Gasteiger partial charge on any atom is -0.310 e. The number of nitrogens with zero attached hydrogens (tertiary/aromatic N) is 3. The number of benzene rings is 12. The van der Waals surface area contributed by atoms with Gasteiger partial charge in [0.05, 0.1) is 33.2 Å². The van der Waals surface area contributed by atoms with E-state index in [0.29, 0.717) is 0 Å². The van der Waals surface area contributed by atoms with Gasteiger partial charge in [0.1, 0.15) is 0 Å². The van der Waals surface area contributed by atoms with Crippen LogP contribution < -0.4 is 20.8 Å². The Labute approximate surface area is 452 Å². The summed E-state index contributed by atoms with van der Waals surface area (Å²) in [5.41, 5.74) is 17.9. The molecule has 4 heterocycles. The van der Waals surface area contributed by atoms with Crippen molar-refractivity contribution in [2.45, 2.75) is 5.41 Å². The van der Waals surface area contributed by atoms with Crippen LogP contribution in [0.25, 0.3) is 77.2 Å². The molecule has 78 heavy (non-hydrogen) atoms. The van der Waals surface area contributed by atoms with E-state index in [1.165, 1.54) is 49.3 Å². The lowest BCUT2D eigenvalue weighted by Gasteiger charge is -2.47. The van der Waals surface area contributed by atoms with E-state index in [0.717, 1.165) is 83.2 Å². The van der Waals surface area contributed by atoms with Crippen molar-refractivity contribution in [3.8, 4) is 33.6 Å². The number of hydrogen-bond acceptors (Lipinski definition) is 2. The number of rotatable bonds is 7. The Bertz CT molecular complexity index is 4750. The maximum absolute atomic E-state index is 17.5. The van der Waals surface area contributed by atoms with Crippen molar-refractivity contribution in [2.75, 3.05) is 4.90 Å². The van der Waals surface area contributed by atoms with E-state index in [1.54, 1.807) is 0 Å². The van der Waals surface area contributed by atoms with Crippen molar-refractivity contribution in [3.05, 3.63) is 313 Å². The number of hydrogen-bond donors (Lipinski definition) is 0. The van der Waals surface area contributed by atoms with Crippen molar-refractivity contribution >= 4 is 83.7 Å². The fourth-order valence-corrected chi connectivity index (χ4v) is 16.6. The van der Waals surface area contributed by atoms with Gasteiger partial charge in [0, 0.05) is 60.2 Å². The van der Waals surface area contributed by atoms with E-state index in [1.807, 2.05) is 18.2 Å². The lowest BCUT2D eigenvalue weighted by molar-refractivity contribution is 0.590. The van der Waals surface area contributed by atoms with Crippen LogP contribution in [0.3, 0.4) is 0 Å². The van der Waals surface area contributed by atoms with Crippen LogP contribution in [0.2, 0.25) is 0 Å². The van der Waals surface area contributed by atoms with Gasteiger partial charge >= 0.3 is 0 Å². The zero-order chi connectivity index (χ0) is 51.5. The van der Waals surface area contributed by atoms with Crippen LogP contribution in [0.15, 0.2) is 291 Å². The Morgan fingerprint density at radius 3 is 1.53 bits per heavy atom. The summed E-state index contributed by atoms with van der Waals surface area (Å²) in [6, 6.07) is 105. The molecule has 1 spiro atoms. The smallest absolute Gasteiger partial charge is 0.171 e. The van der Waals surface area contributed by atoms with Crippen molar-refractivity contribution < 1.29 is 4.57 Å². The molecule has 12 aromatic carbocycles. The Kier molecular flexibility index (Phi) is 9.79. The highest BCUT2D eigenvalue weighted by Gasteiger charge is 2.54. The first-order chi connectivity index (χ1) is 38.6. The van der Waals surface area contributed by atoms with E-state index in [9.17, 15) is 0 Å². The molecule has 2 aromatic heterocycles. The first-order valence-electron chi connectivity index (χ1n) is 26.8. The molecule has 14 aromatic rings. The minimum atomic E-state index is -3.61. The van der Waals surface area contributed by atoms with E-state index < -0.39 is 12.6 Å². The van der Waals surface area contributed by atoms with E-state index >= 15 is 4.57 Å². The van der Waals surface area contributed by atoms with E-state index in [2.05, 4.69) is 287 Å². The van der Waals surface area contributed by atoms with Crippen LogP contribution in [-0.4, -0.2) is 9.13 Å². The van der Waals surface area contributed by atoms with Gasteiger partial charge < -0.3 is 18.6 Å². The van der Waals surface area contributed by atoms with Gasteiger partial charge in [0.25, 0.3) is 0 Å². The second-order valence-electron chi connectivity index (χ2n) is 20.7. The Morgan fingerprint density at radius 1 is 0.321 bits per heavy atom. The zero-order valence-corrected chi connectivity index (χ0v) is 43.3. The Balaban J connectivity index is 0.977. The topological polar surface area (TPSA) is 30.2 Å². The summed E-state index contributed by atoms with van der Waals surface area (Å²) < 4.78 is 22.3. The van der Waals surface area contributed by atoms with E-state index in [4.69, 9.17) is 0 Å². The predicted molar refractivity (Wildman–Crippen MR) is 325 cm³/mol. The second kappa shape index (κ2) is 17.1. The lowest BCUT2D eigenvalue weighted by atomic mass is 9.62. The standard InChI is InChI=1S/C73H48N3OP/c77-78(57-23-8-3-9-24-57)70-34-17-13-29-63(70)73(62-28-12-16-33-68(62)76-67-32-15-11-26-59(67)61-27-18-30-65(73)72(61)76)64-46-44-56(48-71(64)78)74(53-39-35-51(36-40-53)49-19-4-1-5-20-49)55-43-45-60-58-25-10-14-31-66(58)75(69(60)47-55)54-41-37-52(38-42-54)50-21-6-2-7-22-50/h1-48H. The van der Waals surface area contributed by atoms with Crippen molar-refractivity contribution in [1.82, 2.24) is 9.13 Å². The quantitative estimate of drug-likeness (QED) is 0.149. The summed E-state index contributed by atoms with van der Waals surface area (Å²) in [7, 11) is -3.61. The Morgan fingerprint density at radius 2 is 0.808 bits per heavy atom. The normalized spacial score (nSPS) is 16.1. The summed E-state index contributed by atoms with van der Waals surface area (Å²) in [6.45, 7) is 0. The molecule has 2 aliphatic rings. The average molecular weight is 1010 g/mol. The fourth-order valence-electron chi connectivity index (χ4n) is 13.5. The lowest BCUT2D eigenvalue weighted by Crippen LogP contribution is -2.48. The van der Waals surface area contributed by atoms with Gasteiger partial charge in [0.2, 0.25) is 0 Å². The summed E-state index contributed by atoms with van der Waals surface area (Å²) >= 11 is 0. The molecule has 5 heteroatoms. The molecule has 0 fully saturated rings. The molecule has 16 rings (SSSR count). The molecule has 0 aliphatic carbocycles. The SMILES string of the molecule is O=P1(c2ccccc2)c2ccccc2C2(c3ccccc3-n3c4ccccc4c4cccc2c43)c2ccc(N(c3ccc(-c4ccccc4)cc3)c3ccc4c5ccccc5n(-c5ccc(-c6ccccc6)cc5)c4c3)cc21. The summed E-state index contributed by atoms with van der Waals surface area (Å²) in [5.74, 6) is 0. The molecule has 366 valence electrons. The van der Waals surface area contributed by atoms with Gasteiger partial charge in [-0.15, -0.1) is 0 Å². The molecular formula is C73H48N3OP. The summed E-state index contributed by atoms with van der Waals surface area (Å²) in [4.78, 5) is 2.37. The summed E-state index contributed by atoms with van der Waals surface area (Å²) in [6.07, 6.45) is 0. The maximum Gasteiger partial charge on any atom is 0.171 e. The van der Waals surface area contributed by atoms with Gasteiger partial charge in [-0.05, 0) is 111 Å². The van der Waals surface area contributed by atoms with E-state index in [-0.39, 0.29) is 0 Å². The Hall–Kier alpha value is -9.73. The first-order valence-corrected chi connectivity index (χ1v) is 28.5. The third-order valence-corrected chi connectivity index (χ3v) is 19.9. The molecule has 0 saturated heterocycles. The summed E-state index contributed by atoms with van der Waals surface area (Å²) in [5, 5.41) is 7.28. The second-order valence-corrected chi connectivity index (χ2v) is 23.4. The zero-order valence-electron chi connectivity index (χ0n) is 42.4. The monoisotopic (exact) mass is 1010 g/mol. The van der Waals surface area contributed by atoms with Gasteiger partial charge in [-0.25, -0.2) is 0 Å². The highest BCUT2D eigenvalue weighted by molar-refractivity contribution is 7.85. The molecule has 0 saturated carbocycles. The number of aromatic nitrogens is 2. The van der Waals surface area contributed by atoms with Crippen LogP contribution in [-0.2, 0) is 9.98 Å². The number of para-hydroxylation sites is 4. The van der Waals surface area contributed by atoms with Crippen LogP contribution in [0.4, 0.5) is 17.1 Å². The number of fused-ring (bicyclic) bond motifs is 14. The van der Waals surface area contributed by atoms with Gasteiger partial charge in [-0.3, -0.25) is 0 Å². The van der Waals surface area contributed by atoms with Crippen molar-refractivity contribution in [2.24, 2.45) is 0 Å². The fraction of sp³-hybridized carbons (Fsp3) is 0.0137. The van der Waals surface area contributed by atoms with Crippen LogP contribution in [0.5, 0.6) is 0 Å². The molecule has 2 atom stereocenters. The van der Waals surface area contributed by atoms with Gasteiger partial charge in [-0.2, -0.15) is 0 Å². The molecule has 0 bridgehead atoms. The highest BCUT2D eigenvalue weighted by Crippen LogP contribution is 2.61. The molecule has 2 aliphatic heterocycles. The third-order valence-electron chi connectivity index (χ3n) is 16.8. The first kappa shape index (κ1) is 44.6. The van der Waals surface area contributed by atoms with Gasteiger partial charge in [-0.1, -0.05) is 224 Å². The minimum absolute atomic E-state index is 0.810. The molecule has 2 unspecified atom stereocenters. The maximum atomic E-state index is 17.5. The van der Waals surface area contributed by atoms with Crippen molar-refractivity contribution in [3.63, 3.8) is 0 Å². The number of anilines is 3. The van der Waals surface area contributed by atoms with Crippen molar-refractivity contribution in [1.29, 1.82) is 0 Å². The van der Waals surface area contributed by atoms with Crippen LogP contribution in [0.1, 0.15) is 22.3 Å². The highest BCUT2D eigenvalue weighted by atomic mass is 31.2.